The van der Waals surface area contributed by atoms with Gasteiger partial charge in [0.15, 0.2) is 6.10 Å². The van der Waals surface area contributed by atoms with Crippen molar-refractivity contribution < 1.29 is 22.7 Å². The highest BCUT2D eigenvalue weighted by Gasteiger charge is 2.39. The van der Waals surface area contributed by atoms with E-state index >= 15 is 0 Å². The molecule has 0 radical (unpaired) electrons. The van der Waals surface area contributed by atoms with Gasteiger partial charge < -0.3 is 14.5 Å². The number of carbonyl (C=O) groups is 1. The molecule has 8 nitrogen and oxygen atoms in total. The summed E-state index contributed by atoms with van der Waals surface area (Å²) >= 11 is 6.10. The Kier molecular flexibility index (Phi) is 6.26. The summed E-state index contributed by atoms with van der Waals surface area (Å²) in [6, 6.07) is 8.23. The third-order valence-electron chi connectivity index (χ3n) is 6.34. The van der Waals surface area contributed by atoms with E-state index < -0.39 is 17.8 Å². The quantitative estimate of drug-likeness (QED) is 0.521. The normalized spacial score (nSPS) is 19.4. The summed E-state index contributed by atoms with van der Waals surface area (Å²) in [5.41, 5.74) is -0.0356. The maximum absolute atomic E-state index is 13.0. The number of benzene rings is 1. The lowest BCUT2D eigenvalue weighted by Crippen LogP contribution is -2.47. The summed E-state index contributed by atoms with van der Waals surface area (Å²) < 4.78 is 46.2. The fourth-order valence-corrected chi connectivity index (χ4v) is 4.82. The Balaban J connectivity index is 1.16. The van der Waals surface area contributed by atoms with Crippen LogP contribution in [0.4, 0.5) is 19.0 Å². The zero-order valence-electron chi connectivity index (χ0n) is 18.5. The third kappa shape index (κ3) is 4.90. The number of ether oxygens (including phenoxy) is 1. The van der Waals surface area contributed by atoms with Crippen molar-refractivity contribution in [1.82, 2.24) is 24.6 Å². The van der Waals surface area contributed by atoms with Crippen molar-refractivity contribution in [1.29, 1.82) is 0 Å². The molecular formula is C23H22ClF3N6O2. The van der Waals surface area contributed by atoms with Crippen LogP contribution in [0.3, 0.4) is 0 Å². The number of piperidine rings is 1. The van der Waals surface area contributed by atoms with Gasteiger partial charge in [-0.15, -0.1) is 0 Å². The minimum absolute atomic E-state index is 0.0289. The number of pyridine rings is 1. The number of carbonyl (C=O) groups excluding carboxylic acids is 1. The molecule has 0 unspecified atom stereocenters. The molecule has 0 saturated carbocycles. The van der Waals surface area contributed by atoms with Gasteiger partial charge in [-0.05, 0) is 43.2 Å². The van der Waals surface area contributed by atoms with E-state index in [4.69, 9.17) is 16.3 Å². The van der Waals surface area contributed by atoms with Crippen molar-refractivity contribution in [2.24, 2.45) is 0 Å². The average Bonchev–Trinajstić information content (AvgIpc) is 3.50. The first-order valence-corrected chi connectivity index (χ1v) is 11.6. The number of anilines is 1. The number of aromatic nitrogens is 4. The molecule has 3 aromatic rings. The summed E-state index contributed by atoms with van der Waals surface area (Å²) in [5.74, 6) is 0.891. The third-order valence-corrected chi connectivity index (χ3v) is 6.62. The van der Waals surface area contributed by atoms with Crippen LogP contribution in [0.25, 0.3) is 5.69 Å². The second kappa shape index (κ2) is 9.37. The van der Waals surface area contributed by atoms with Crippen LogP contribution in [0.5, 0.6) is 5.75 Å². The topological polar surface area (TPSA) is 76.4 Å². The van der Waals surface area contributed by atoms with E-state index in [1.165, 1.54) is 6.33 Å². The number of rotatable bonds is 5. The Morgan fingerprint density at radius 3 is 2.43 bits per heavy atom. The Labute approximate surface area is 204 Å². The molecule has 2 aliphatic rings. The second-order valence-electron chi connectivity index (χ2n) is 8.51. The molecule has 2 aliphatic heterocycles. The first-order valence-electron chi connectivity index (χ1n) is 11.2. The summed E-state index contributed by atoms with van der Waals surface area (Å²) in [4.78, 5) is 24.6. The van der Waals surface area contributed by atoms with E-state index in [2.05, 4.69) is 15.1 Å². The van der Waals surface area contributed by atoms with Crippen molar-refractivity contribution in [3.63, 3.8) is 0 Å². The number of nitrogens with zero attached hydrogens (tertiary/aromatic N) is 6. The smallest absolute Gasteiger partial charge is 0.417 e. The van der Waals surface area contributed by atoms with Crippen LogP contribution < -0.4 is 9.64 Å². The van der Waals surface area contributed by atoms with E-state index in [0.29, 0.717) is 50.5 Å². The molecule has 2 saturated heterocycles. The molecule has 0 bridgehead atoms. The summed E-state index contributed by atoms with van der Waals surface area (Å²) in [6.07, 6.45) is 0.755. The fraction of sp³-hybridized carbons (Fsp3) is 0.391. The molecule has 1 aromatic carbocycles. The van der Waals surface area contributed by atoms with Crippen LogP contribution in [0.15, 0.2) is 49.2 Å². The average molecular weight is 507 g/mol. The number of halogens is 4. The van der Waals surface area contributed by atoms with Gasteiger partial charge in [0.2, 0.25) is 0 Å². The molecule has 0 N–H and O–H groups in total. The highest BCUT2D eigenvalue weighted by atomic mass is 35.5. The van der Waals surface area contributed by atoms with Crippen molar-refractivity contribution in [2.75, 3.05) is 24.5 Å². The lowest BCUT2D eigenvalue weighted by Gasteiger charge is -2.37. The Morgan fingerprint density at radius 2 is 1.80 bits per heavy atom. The molecule has 5 rings (SSSR count). The van der Waals surface area contributed by atoms with Crippen LogP contribution in [0.1, 0.15) is 24.8 Å². The van der Waals surface area contributed by atoms with Gasteiger partial charge in [-0.3, -0.25) is 4.79 Å². The predicted octanol–water partition coefficient (Wildman–Crippen LogP) is 3.98. The van der Waals surface area contributed by atoms with Crippen LogP contribution in [-0.2, 0) is 11.0 Å². The van der Waals surface area contributed by atoms with E-state index in [-0.39, 0.29) is 17.0 Å². The maximum atomic E-state index is 13.0. The van der Waals surface area contributed by atoms with Gasteiger partial charge in [-0.25, -0.2) is 14.6 Å². The molecule has 1 amide bonds. The maximum Gasteiger partial charge on any atom is 0.417 e. The standard InChI is InChI=1S/C23H22ClF3N6O2/c24-19-11-15(23(25,26)27)12-29-21(19)31-8-5-16(6-9-31)32-10-7-20(22(32)34)35-18-3-1-17(2-4-18)33-14-28-13-30-33/h1-4,11-14,16,20H,5-10H2/t20-/m0/s1. The lowest BCUT2D eigenvalue weighted by atomic mass is 10.0. The summed E-state index contributed by atoms with van der Waals surface area (Å²) in [7, 11) is 0. The molecule has 1 atom stereocenters. The fourth-order valence-electron chi connectivity index (χ4n) is 4.54. The number of alkyl halides is 3. The largest absolute Gasteiger partial charge is 0.481 e. The SMILES string of the molecule is O=C1[C@@H](Oc2ccc(-n3cncn3)cc2)CCN1C1CCN(c2ncc(C(F)(F)F)cc2Cl)CC1. The number of hydrogen-bond donors (Lipinski definition) is 0. The van der Waals surface area contributed by atoms with E-state index in [9.17, 15) is 18.0 Å². The van der Waals surface area contributed by atoms with Crippen LogP contribution in [0, 0.1) is 0 Å². The molecule has 184 valence electrons. The van der Waals surface area contributed by atoms with Gasteiger partial charge in [0.25, 0.3) is 5.91 Å². The minimum Gasteiger partial charge on any atom is -0.481 e. The van der Waals surface area contributed by atoms with Crippen molar-refractivity contribution in [3.8, 4) is 11.4 Å². The zero-order valence-corrected chi connectivity index (χ0v) is 19.3. The van der Waals surface area contributed by atoms with E-state index in [0.717, 1.165) is 18.0 Å². The second-order valence-corrected chi connectivity index (χ2v) is 8.91. The molecule has 2 aromatic heterocycles. The number of hydrogen-bond acceptors (Lipinski definition) is 6. The van der Waals surface area contributed by atoms with Crippen LogP contribution >= 0.6 is 11.6 Å². The van der Waals surface area contributed by atoms with Crippen LogP contribution in [0.2, 0.25) is 5.02 Å². The molecule has 4 heterocycles. The summed E-state index contributed by atoms with van der Waals surface area (Å²) in [5, 5.41) is 4.05. The molecule has 0 aliphatic carbocycles. The molecule has 12 heteroatoms. The van der Waals surface area contributed by atoms with Gasteiger partial charge in [0.1, 0.15) is 24.2 Å². The predicted molar refractivity (Wildman–Crippen MR) is 122 cm³/mol. The lowest BCUT2D eigenvalue weighted by molar-refractivity contribution is -0.138. The van der Waals surface area contributed by atoms with Crippen LogP contribution in [-0.4, -0.2) is 62.3 Å². The highest BCUT2D eigenvalue weighted by Crippen LogP contribution is 2.35. The minimum atomic E-state index is -4.49. The van der Waals surface area contributed by atoms with E-state index in [1.807, 2.05) is 21.9 Å². The van der Waals surface area contributed by atoms with Gasteiger partial charge in [-0.2, -0.15) is 18.3 Å². The monoisotopic (exact) mass is 506 g/mol. The van der Waals surface area contributed by atoms with Crippen molar-refractivity contribution in [3.05, 3.63) is 59.8 Å². The summed E-state index contributed by atoms with van der Waals surface area (Å²) in [6.45, 7) is 1.69. The van der Waals surface area contributed by atoms with E-state index in [1.54, 1.807) is 23.1 Å². The van der Waals surface area contributed by atoms with Crippen molar-refractivity contribution in [2.45, 2.75) is 37.6 Å². The Bertz CT molecular complexity index is 1180. The van der Waals surface area contributed by atoms with Gasteiger partial charge >= 0.3 is 6.18 Å². The highest BCUT2D eigenvalue weighted by molar-refractivity contribution is 6.33. The molecule has 2 fully saturated rings. The Hall–Kier alpha value is -3.34. The van der Waals surface area contributed by atoms with Crippen molar-refractivity contribution >= 4 is 23.3 Å². The Morgan fingerprint density at radius 1 is 1.06 bits per heavy atom. The van der Waals surface area contributed by atoms with Gasteiger partial charge in [-0.1, -0.05) is 11.6 Å². The van der Waals surface area contributed by atoms with Gasteiger partial charge in [0, 0.05) is 38.3 Å². The molecule has 0 spiro atoms. The molecular weight excluding hydrogens is 485 g/mol. The number of amides is 1. The zero-order chi connectivity index (χ0) is 24.6. The first-order chi connectivity index (χ1) is 16.8. The number of likely N-dealkylation sites (tertiary alicyclic amines) is 1. The van der Waals surface area contributed by atoms with Gasteiger partial charge in [0.05, 0.1) is 16.3 Å². The molecule has 35 heavy (non-hydrogen) atoms. The first kappa shape index (κ1) is 23.4.